The number of anilines is 1. The predicted molar refractivity (Wildman–Crippen MR) is 80.8 cm³/mol. The van der Waals surface area contributed by atoms with Crippen LogP contribution in [-0.2, 0) is 6.54 Å². The molecule has 0 saturated carbocycles. The lowest BCUT2D eigenvalue weighted by Gasteiger charge is -2.11. The Labute approximate surface area is 121 Å². The van der Waals surface area contributed by atoms with Gasteiger partial charge in [0.1, 0.15) is 5.82 Å². The molecule has 0 fully saturated rings. The summed E-state index contributed by atoms with van der Waals surface area (Å²) in [5, 5.41) is 12.0. The van der Waals surface area contributed by atoms with Gasteiger partial charge in [0.25, 0.3) is 0 Å². The first-order valence-corrected chi connectivity index (χ1v) is 6.83. The van der Waals surface area contributed by atoms with Crippen LogP contribution in [0.5, 0.6) is 0 Å². The highest BCUT2D eigenvalue weighted by Gasteiger charge is 2.11. The van der Waals surface area contributed by atoms with Crippen molar-refractivity contribution in [1.82, 2.24) is 9.55 Å². The number of imidazole rings is 1. The molecule has 0 aliphatic carbocycles. The van der Waals surface area contributed by atoms with Crippen LogP contribution >= 0.6 is 0 Å². The minimum atomic E-state index is -0.233. The second-order valence-corrected chi connectivity index (χ2v) is 4.75. The molecule has 0 unspecified atom stereocenters. The predicted octanol–water partition coefficient (Wildman–Crippen LogP) is 2.63. The van der Waals surface area contributed by atoms with Crippen molar-refractivity contribution in [1.29, 1.82) is 0 Å². The van der Waals surface area contributed by atoms with E-state index < -0.39 is 0 Å². The molecule has 0 bridgehead atoms. The number of benzene rings is 2. The first kappa shape index (κ1) is 13.6. The summed E-state index contributed by atoms with van der Waals surface area (Å²) < 4.78 is 15.8. The minimum Gasteiger partial charge on any atom is -0.395 e. The average molecular weight is 285 g/mol. The van der Waals surface area contributed by atoms with Gasteiger partial charge in [-0.1, -0.05) is 30.3 Å². The van der Waals surface area contributed by atoms with Crippen LogP contribution in [0.2, 0.25) is 0 Å². The number of hydrogen-bond acceptors (Lipinski definition) is 3. The number of rotatable bonds is 5. The fourth-order valence-electron chi connectivity index (χ4n) is 2.34. The van der Waals surface area contributed by atoms with Gasteiger partial charge in [0, 0.05) is 12.1 Å². The molecular weight excluding hydrogens is 269 g/mol. The van der Waals surface area contributed by atoms with Crippen LogP contribution in [0, 0.1) is 5.82 Å². The van der Waals surface area contributed by atoms with Crippen molar-refractivity contribution >= 4 is 17.0 Å². The zero-order valence-corrected chi connectivity index (χ0v) is 11.5. The highest BCUT2D eigenvalue weighted by Crippen LogP contribution is 2.21. The van der Waals surface area contributed by atoms with Crippen LogP contribution in [0.3, 0.4) is 0 Å². The number of fused-ring (bicyclic) bond motifs is 1. The van der Waals surface area contributed by atoms with E-state index >= 15 is 0 Å². The Morgan fingerprint density at radius 2 is 1.86 bits per heavy atom. The van der Waals surface area contributed by atoms with Crippen LogP contribution in [0.15, 0.2) is 48.5 Å². The Morgan fingerprint density at radius 1 is 1.10 bits per heavy atom. The monoisotopic (exact) mass is 285 g/mol. The molecule has 1 heterocycles. The molecule has 3 aromatic rings. The number of nitrogens with zero attached hydrogens (tertiary/aromatic N) is 2. The maximum absolute atomic E-state index is 13.9. The van der Waals surface area contributed by atoms with Crippen molar-refractivity contribution in [3.05, 3.63) is 59.9 Å². The number of para-hydroxylation sites is 2. The van der Waals surface area contributed by atoms with E-state index in [0.717, 1.165) is 11.0 Å². The summed E-state index contributed by atoms with van der Waals surface area (Å²) in [5.41, 5.74) is 2.38. The van der Waals surface area contributed by atoms with Crippen LogP contribution < -0.4 is 5.32 Å². The van der Waals surface area contributed by atoms with Crippen LogP contribution in [0.4, 0.5) is 10.3 Å². The van der Waals surface area contributed by atoms with Gasteiger partial charge in [-0.05, 0) is 18.2 Å². The van der Waals surface area contributed by atoms with E-state index in [2.05, 4.69) is 10.3 Å². The fourth-order valence-corrected chi connectivity index (χ4v) is 2.34. The molecule has 21 heavy (non-hydrogen) atoms. The number of hydrogen-bond donors (Lipinski definition) is 2. The Morgan fingerprint density at radius 3 is 2.67 bits per heavy atom. The van der Waals surface area contributed by atoms with E-state index in [1.165, 1.54) is 6.07 Å². The molecule has 3 rings (SSSR count). The van der Waals surface area contributed by atoms with E-state index in [9.17, 15) is 4.39 Å². The summed E-state index contributed by atoms with van der Waals surface area (Å²) in [6.45, 7) is 0.810. The quantitative estimate of drug-likeness (QED) is 0.757. The summed E-state index contributed by atoms with van der Waals surface area (Å²) in [4.78, 5) is 4.49. The molecule has 108 valence electrons. The third kappa shape index (κ3) is 2.73. The van der Waals surface area contributed by atoms with Crippen molar-refractivity contribution in [2.24, 2.45) is 0 Å². The maximum atomic E-state index is 13.9. The Hall–Kier alpha value is -2.40. The number of aromatic nitrogens is 2. The molecule has 0 saturated heterocycles. The largest absolute Gasteiger partial charge is 0.395 e. The molecule has 1 aromatic heterocycles. The van der Waals surface area contributed by atoms with Gasteiger partial charge in [-0.15, -0.1) is 0 Å². The maximum Gasteiger partial charge on any atom is 0.204 e. The standard InChI is InChI=1S/C16H16FN3O/c17-13-6-2-1-5-12(13)11-20-15-8-4-3-7-14(15)19-16(20)18-9-10-21/h1-8,21H,9-11H2,(H,18,19). The zero-order valence-electron chi connectivity index (χ0n) is 11.5. The Balaban J connectivity index is 2.04. The van der Waals surface area contributed by atoms with Gasteiger partial charge in [0.2, 0.25) is 5.95 Å². The van der Waals surface area contributed by atoms with Crippen molar-refractivity contribution in [3.63, 3.8) is 0 Å². The molecule has 0 amide bonds. The lowest BCUT2D eigenvalue weighted by molar-refractivity contribution is 0.310. The molecule has 4 nitrogen and oxygen atoms in total. The van der Waals surface area contributed by atoms with Gasteiger partial charge in [0.05, 0.1) is 24.2 Å². The van der Waals surface area contributed by atoms with Crippen LogP contribution in [0.25, 0.3) is 11.0 Å². The zero-order chi connectivity index (χ0) is 14.7. The van der Waals surface area contributed by atoms with E-state index in [4.69, 9.17) is 5.11 Å². The fraction of sp³-hybridized carbons (Fsp3) is 0.188. The van der Waals surface area contributed by atoms with E-state index in [0.29, 0.717) is 24.6 Å². The summed E-state index contributed by atoms with van der Waals surface area (Å²) in [7, 11) is 0. The minimum absolute atomic E-state index is 0.0168. The van der Waals surface area contributed by atoms with Gasteiger partial charge in [-0.25, -0.2) is 9.37 Å². The van der Waals surface area contributed by atoms with Crippen molar-refractivity contribution in [2.45, 2.75) is 6.54 Å². The first-order valence-electron chi connectivity index (χ1n) is 6.83. The highest BCUT2D eigenvalue weighted by atomic mass is 19.1. The first-order chi connectivity index (χ1) is 10.3. The molecule has 5 heteroatoms. The van der Waals surface area contributed by atoms with Gasteiger partial charge in [-0.3, -0.25) is 0 Å². The number of aliphatic hydroxyl groups excluding tert-OH is 1. The summed E-state index contributed by atoms with van der Waals surface area (Å²) in [6.07, 6.45) is 0. The van der Waals surface area contributed by atoms with Crippen molar-refractivity contribution < 1.29 is 9.50 Å². The van der Waals surface area contributed by atoms with E-state index in [-0.39, 0.29) is 12.4 Å². The third-order valence-corrected chi connectivity index (χ3v) is 3.34. The lowest BCUT2D eigenvalue weighted by atomic mass is 10.2. The molecule has 0 atom stereocenters. The molecule has 0 aliphatic heterocycles. The van der Waals surface area contributed by atoms with Gasteiger partial charge in [-0.2, -0.15) is 0 Å². The Kier molecular flexibility index (Phi) is 3.83. The van der Waals surface area contributed by atoms with E-state index in [1.807, 2.05) is 34.9 Å². The highest BCUT2D eigenvalue weighted by molar-refractivity contribution is 5.78. The molecule has 0 radical (unpaired) electrons. The molecule has 2 N–H and O–H groups in total. The van der Waals surface area contributed by atoms with E-state index in [1.54, 1.807) is 12.1 Å². The smallest absolute Gasteiger partial charge is 0.204 e. The number of halogens is 1. The third-order valence-electron chi connectivity index (χ3n) is 3.34. The van der Waals surface area contributed by atoms with Crippen molar-refractivity contribution in [2.75, 3.05) is 18.5 Å². The van der Waals surface area contributed by atoms with Gasteiger partial charge >= 0.3 is 0 Å². The second-order valence-electron chi connectivity index (χ2n) is 4.75. The summed E-state index contributed by atoms with van der Waals surface area (Å²) in [5.74, 6) is 0.400. The van der Waals surface area contributed by atoms with Crippen molar-refractivity contribution in [3.8, 4) is 0 Å². The molecule has 2 aromatic carbocycles. The lowest BCUT2D eigenvalue weighted by Crippen LogP contribution is -2.12. The van der Waals surface area contributed by atoms with Crippen LogP contribution in [-0.4, -0.2) is 27.8 Å². The molecular formula is C16H16FN3O. The number of nitrogens with one attached hydrogen (secondary N) is 1. The van der Waals surface area contributed by atoms with Gasteiger partial charge in [0.15, 0.2) is 0 Å². The second kappa shape index (κ2) is 5.93. The summed E-state index contributed by atoms with van der Waals surface area (Å²) >= 11 is 0. The average Bonchev–Trinajstić information content (AvgIpc) is 2.85. The van der Waals surface area contributed by atoms with Gasteiger partial charge < -0.3 is 15.0 Å². The Bertz CT molecular complexity index is 754. The topological polar surface area (TPSA) is 50.1 Å². The van der Waals surface area contributed by atoms with Crippen LogP contribution in [0.1, 0.15) is 5.56 Å². The summed E-state index contributed by atoms with van der Waals surface area (Å²) in [6, 6.07) is 14.4. The SMILES string of the molecule is OCCNc1nc2ccccc2n1Cc1ccccc1F. The number of aliphatic hydroxyl groups is 1. The molecule has 0 spiro atoms. The molecule has 0 aliphatic rings. The normalized spacial score (nSPS) is 11.0.